The molecule has 0 N–H and O–H groups in total. The summed E-state index contributed by atoms with van der Waals surface area (Å²) < 4.78 is 5.54. The number of nitrogens with zero attached hydrogens (tertiary/aromatic N) is 1. The molecule has 152 valence electrons. The average Bonchev–Trinajstić information content (AvgIpc) is 3.08. The van der Waals surface area contributed by atoms with Crippen LogP contribution in [0.25, 0.3) is 10.8 Å². The third kappa shape index (κ3) is 3.68. The van der Waals surface area contributed by atoms with Gasteiger partial charge in [-0.05, 0) is 46.2 Å². The topological polar surface area (TPSA) is 46.6 Å². The van der Waals surface area contributed by atoms with E-state index in [9.17, 15) is 9.59 Å². The second-order valence-corrected chi connectivity index (χ2v) is 7.66. The normalized spacial score (nSPS) is 15.2. The molecule has 31 heavy (non-hydrogen) atoms. The van der Waals surface area contributed by atoms with Crippen LogP contribution in [0.3, 0.4) is 0 Å². The largest absolute Gasteiger partial charge is 0.461 e. The first-order chi connectivity index (χ1) is 15.2. The lowest BCUT2D eigenvalue weighted by Crippen LogP contribution is -2.29. The SMILES string of the molecule is O=C(CC1c2cc3ccccc3cc2C(=O)N1c1ccccc1)OCc1ccccc1. The molecule has 4 aromatic rings. The molecule has 0 radical (unpaired) electrons. The highest BCUT2D eigenvalue weighted by molar-refractivity contribution is 6.13. The molecule has 0 bridgehead atoms. The molecule has 0 aromatic heterocycles. The van der Waals surface area contributed by atoms with E-state index in [1.807, 2.05) is 97.1 Å². The molecule has 1 amide bonds. The van der Waals surface area contributed by atoms with Crippen LogP contribution in [0.4, 0.5) is 5.69 Å². The first kappa shape index (κ1) is 19.1. The number of carbonyl (C=O) groups excluding carboxylic acids is 2. The second-order valence-electron chi connectivity index (χ2n) is 7.66. The smallest absolute Gasteiger partial charge is 0.308 e. The lowest BCUT2D eigenvalue weighted by Gasteiger charge is -2.25. The number of rotatable bonds is 5. The van der Waals surface area contributed by atoms with Crippen LogP contribution in [-0.2, 0) is 16.1 Å². The number of carbonyl (C=O) groups is 2. The quantitative estimate of drug-likeness (QED) is 0.400. The summed E-state index contributed by atoms with van der Waals surface area (Å²) in [6.07, 6.45) is 0.0960. The molecule has 1 heterocycles. The Hall–Kier alpha value is -3.92. The van der Waals surface area contributed by atoms with E-state index in [1.54, 1.807) is 4.90 Å². The lowest BCUT2D eigenvalue weighted by atomic mass is 9.97. The van der Waals surface area contributed by atoms with Crippen LogP contribution in [0.1, 0.15) is 33.9 Å². The molecule has 4 heteroatoms. The van der Waals surface area contributed by atoms with Crippen LogP contribution in [0.5, 0.6) is 0 Å². The number of amides is 1. The first-order valence-electron chi connectivity index (χ1n) is 10.3. The van der Waals surface area contributed by atoms with E-state index in [0.717, 1.165) is 27.6 Å². The van der Waals surface area contributed by atoms with Crippen molar-refractivity contribution in [2.75, 3.05) is 4.90 Å². The van der Waals surface area contributed by atoms with Gasteiger partial charge in [0.1, 0.15) is 6.61 Å². The van der Waals surface area contributed by atoms with E-state index in [0.29, 0.717) is 5.56 Å². The van der Waals surface area contributed by atoms with Crippen molar-refractivity contribution in [1.29, 1.82) is 0 Å². The summed E-state index contributed by atoms with van der Waals surface area (Å²) in [5.74, 6) is -0.420. The van der Waals surface area contributed by atoms with Gasteiger partial charge in [-0.2, -0.15) is 0 Å². The fourth-order valence-corrected chi connectivity index (χ4v) is 4.17. The van der Waals surface area contributed by atoms with Gasteiger partial charge in [0.05, 0.1) is 12.5 Å². The van der Waals surface area contributed by atoms with Crippen molar-refractivity contribution < 1.29 is 14.3 Å². The molecular weight excluding hydrogens is 386 g/mol. The van der Waals surface area contributed by atoms with Crippen LogP contribution in [0.2, 0.25) is 0 Å². The number of esters is 1. The number of para-hydroxylation sites is 1. The van der Waals surface area contributed by atoms with Gasteiger partial charge < -0.3 is 9.64 Å². The van der Waals surface area contributed by atoms with E-state index in [-0.39, 0.29) is 24.9 Å². The minimum atomic E-state index is -0.405. The lowest BCUT2D eigenvalue weighted by molar-refractivity contribution is -0.145. The number of hydrogen-bond acceptors (Lipinski definition) is 3. The summed E-state index contributed by atoms with van der Waals surface area (Å²) >= 11 is 0. The van der Waals surface area contributed by atoms with Gasteiger partial charge in [0.2, 0.25) is 0 Å². The molecule has 4 nitrogen and oxygen atoms in total. The minimum absolute atomic E-state index is 0.0900. The molecule has 4 aromatic carbocycles. The molecule has 0 aliphatic carbocycles. The van der Waals surface area contributed by atoms with Crippen molar-refractivity contribution in [3.63, 3.8) is 0 Å². The highest BCUT2D eigenvalue weighted by Gasteiger charge is 2.39. The monoisotopic (exact) mass is 407 g/mol. The molecule has 1 aliphatic heterocycles. The van der Waals surface area contributed by atoms with E-state index in [2.05, 4.69) is 0 Å². The third-order valence-corrected chi connectivity index (χ3v) is 5.67. The maximum atomic E-state index is 13.4. The van der Waals surface area contributed by atoms with Crippen molar-refractivity contribution in [2.24, 2.45) is 0 Å². The Labute approximate surface area is 180 Å². The Morgan fingerprint density at radius 2 is 1.42 bits per heavy atom. The average molecular weight is 407 g/mol. The summed E-state index contributed by atoms with van der Waals surface area (Å²) in [7, 11) is 0. The van der Waals surface area contributed by atoms with Gasteiger partial charge in [-0.25, -0.2) is 0 Å². The van der Waals surface area contributed by atoms with E-state index < -0.39 is 6.04 Å². The maximum Gasteiger partial charge on any atom is 0.308 e. The van der Waals surface area contributed by atoms with Crippen molar-refractivity contribution >= 4 is 28.3 Å². The molecule has 5 rings (SSSR count). The van der Waals surface area contributed by atoms with Crippen molar-refractivity contribution in [3.8, 4) is 0 Å². The Balaban J connectivity index is 1.48. The molecular formula is C27H21NO3. The number of hydrogen-bond donors (Lipinski definition) is 0. The van der Waals surface area contributed by atoms with Gasteiger partial charge in [0, 0.05) is 11.3 Å². The van der Waals surface area contributed by atoms with Crippen LogP contribution in [-0.4, -0.2) is 11.9 Å². The summed E-state index contributed by atoms with van der Waals surface area (Å²) in [6, 6.07) is 30.6. The first-order valence-corrected chi connectivity index (χ1v) is 10.3. The number of benzene rings is 4. The Bertz CT molecular complexity index is 1250. The summed E-state index contributed by atoms with van der Waals surface area (Å²) in [4.78, 5) is 27.9. The number of anilines is 1. The molecule has 1 unspecified atom stereocenters. The summed E-state index contributed by atoms with van der Waals surface area (Å²) in [5.41, 5.74) is 3.21. The number of fused-ring (bicyclic) bond motifs is 2. The fourth-order valence-electron chi connectivity index (χ4n) is 4.17. The van der Waals surface area contributed by atoms with E-state index >= 15 is 0 Å². The second kappa shape index (κ2) is 8.07. The zero-order chi connectivity index (χ0) is 21.2. The van der Waals surface area contributed by atoms with Crippen LogP contribution in [0.15, 0.2) is 97.1 Å². The van der Waals surface area contributed by atoms with Gasteiger partial charge in [0.25, 0.3) is 5.91 Å². The van der Waals surface area contributed by atoms with Gasteiger partial charge in [0.15, 0.2) is 0 Å². The molecule has 1 aliphatic rings. The minimum Gasteiger partial charge on any atom is -0.461 e. The standard InChI is InChI=1S/C27H21NO3/c29-26(31-18-19-9-3-1-4-10-19)17-25-23-15-20-11-7-8-12-21(20)16-24(23)27(30)28(25)22-13-5-2-6-14-22/h1-16,25H,17-18H2. The van der Waals surface area contributed by atoms with Gasteiger partial charge in [-0.1, -0.05) is 72.8 Å². The van der Waals surface area contributed by atoms with Crippen molar-refractivity contribution in [3.05, 3.63) is 114 Å². The van der Waals surface area contributed by atoms with Crippen molar-refractivity contribution in [1.82, 2.24) is 0 Å². The molecule has 0 saturated heterocycles. The molecule has 0 saturated carbocycles. The molecule has 0 fully saturated rings. The number of ether oxygens (including phenoxy) is 1. The zero-order valence-electron chi connectivity index (χ0n) is 16.9. The molecule has 1 atom stereocenters. The van der Waals surface area contributed by atoms with Crippen LogP contribution < -0.4 is 4.90 Å². The molecule has 0 spiro atoms. The van der Waals surface area contributed by atoms with Crippen molar-refractivity contribution in [2.45, 2.75) is 19.1 Å². The van der Waals surface area contributed by atoms with Crippen LogP contribution >= 0.6 is 0 Å². The fraction of sp³-hybridized carbons (Fsp3) is 0.111. The van der Waals surface area contributed by atoms with E-state index in [1.165, 1.54) is 0 Å². The maximum absolute atomic E-state index is 13.4. The summed E-state index contributed by atoms with van der Waals surface area (Å²) in [5, 5.41) is 2.06. The third-order valence-electron chi connectivity index (χ3n) is 5.67. The Morgan fingerprint density at radius 3 is 2.13 bits per heavy atom. The summed E-state index contributed by atoms with van der Waals surface area (Å²) in [6.45, 7) is 0.219. The Morgan fingerprint density at radius 1 is 0.806 bits per heavy atom. The van der Waals surface area contributed by atoms with Gasteiger partial charge in [-0.3, -0.25) is 9.59 Å². The predicted octanol–water partition coefficient (Wildman–Crippen LogP) is 5.67. The zero-order valence-corrected chi connectivity index (χ0v) is 16.9. The Kier molecular flexibility index (Phi) is 4.97. The highest BCUT2D eigenvalue weighted by atomic mass is 16.5. The van der Waals surface area contributed by atoms with Gasteiger partial charge >= 0.3 is 5.97 Å². The highest BCUT2D eigenvalue weighted by Crippen LogP contribution is 2.41. The van der Waals surface area contributed by atoms with E-state index in [4.69, 9.17) is 4.74 Å². The van der Waals surface area contributed by atoms with Gasteiger partial charge in [-0.15, -0.1) is 0 Å². The van der Waals surface area contributed by atoms with Crippen LogP contribution in [0, 0.1) is 0 Å². The predicted molar refractivity (Wildman–Crippen MR) is 121 cm³/mol.